The third-order valence-electron chi connectivity index (χ3n) is 18.5. The van der Waals surface area contributed by atoms with Gasteiger partial charge in [-0.15, -0.1) is 0 Å². The molecule has 0 aromatic carbocycles. The van der Waals surface area contributed by atoms with Crippen molar-refractivity contribution in [3.8, 4) is 0 Å². The Morgan fingerprint density at radius 3 is 0.894 bits per heavy atom. The summed E-state index contributed by atoms with van der Waals surface area (Å²) < 4.78 is 5.51. The van der Waals surface area contributed by atoms with Crippen molar-refractivity contribution in [1.29, 1.82) is 0 Å². The number of hydrogen-bond donors (Lipinski definition) is 3. The van der Waals surface area contributed by atoms with Crippen LogP contribution in [0.2, 0.25) is 0 Å². The minimum atomic E-state index is -0.661. The molecule has 6 nitrogen and oxygen atoms in total. The van der Waals surface area contributed by atoms with Crippen molar-refractivity contribution in [2.24, 2.45) is 0 Å². The first-order valence-electron chi connectivity index (χ1n) is 39.1. The van der Waals surface area contributed by atoms with E-state index in [4.69, 9.17) is 4.74 Å². The van der Waals surface area contributed by atoms with Gasteiger partial charge >= 0.3 is 5.97 Å². The summed E-state index contributed by atoms with van der Waals surface area (Å²) in [6.07, 6.45) is 95.6. The molecule has 504 valence electrons. The van der Waals surface area contributed by atoms with Gasteiger partial charge in [0, 0.05) is 12.8 Å². The number of ether oxygens (including phenoxy) is 1. The molecular formula is C79H153NO5. The molecule has 0 spiro atoms. The second-order valence-corrected chi connectivity index (χ2v) is 27.0. The molecule has 0 bridgehead atoms. The Balaban J connectivity index is 3.32. The van der Waals surface area contributed by atoms with Gasteiger partial charge in [0.05, 0.1) is 25.4 Å². The number of rotatable bonds is 74. The average Bonchev–Trinajstić information content (AvgIpc) is 3.51. The van der Waals surface area contributed by atoms with Crippen molar-refractivity contribution in [3.05, 3.63) is 24.3 Å². The van der Waals surface area contributed by atoms with Crippen LogP contribution in [0, 0.1) is 0 Å². The van der Waals surface area contributed by atoms with Crippen LogP contribution in [0.25, 0.3) is 0 Å². The van der Waals surface area contributed by atoms with Gasteiger partial charge in [-0.05, 0) is 57.8 Å². The van der Waals surface area contributed by atoms with Crippen molar-refractivity contribution in [2.45, 2.75) is 456 Å². The van der Waals surface area contributed by atoms with Crippen LogP contribution in [-0.2, 0) is 14.3 Å². The maximum atomic E-state index is 12.5. The first-order chi connectivity index (χ1) is 42.0. The third kappa shape index (κ3) is 71.3. The molecule has 0 rings (SSSR count). The number of aliphatic hydroxyl groups excluding tert-OH is 2. The second kappa shape index (κ2) is 74.8. The quantitative estimate of drug-likeness (QED) is 0.0320. The predicted molar refractivity (Wildman–Crippen MR) is 375 cm³/mol. The van der Waals surface area contributed by atoms with Crippen molar-refractivity contribution < 1.29 is 24.5 Å². The Bertz CT molecular complexity index is 1330. The number of amides is 1. The van der Waals surface area contributed by atoms with Crippen LogP contribution < -0.4 is 5.32 Å². The molecule has 0 aromatic heterocycles. The number of allylic oxidation sites excluding steroid dienone is 4. The number of hydrogen-bond acceptors (Lipinski definition) is 5. The van der Waals surface area contributed by atoms with Crippen molar-refractivity contribution in [1.82, 2.24) is 5.32 Å². The monoisotopic (exact) mass is 1200 g/mol. The molecule has 3 N–H and O–H groups in total. The Morgan fingerprint density at radius 1 is 0.329 bits per heavy atom. The Kier molecular flexibility index (Phi) is 73.3. The van der Waals surface area contributed by atoms with Gasteiger partial charge in [-0.2, -0.15) is 0 Å². The van der Waals surface area contributed by atoms with Crippen LogP contribution in [0.15, 0.2) is 24.3 Å². The van der Waals surface area contributed by atoms with Gasteiger partial charge < -0.3 is 20.3 Å². The number of carbonyl (C=O) groups excluding carboxylic acids is 2. The van der Waals surface area contributed by atoms with Gasteiger partial charge in [0.15, 0.2) is 0 Å². The molecule has 0 saturated carbocycles. The summed E-state index contributed by atoms with van der Waals surface area (Å²) in [5, 5.41) is 23.3. The van der Waals surface area contributed by atoms with E-state index in [0.717, 1.165) is 44.9 Å². The Hall–Kier alpha value is -1.66. The molecule has 1 amide bonds. The number of nitrogens with one attached hydrogen (secondary N) is 1. The lowest BCUT2D eigenvalue weighted by Gasteiger charge is -2.22. The van der Waals surface area contributed by atoms with Gasteiger partial charge in [0.2, 0.25) is 5.91 Å². The van der Waals surface area contributed by atoms with Crippen molar-refractivity contribution in [2.75, 3.05) is 13.2 Å². The number of esters is 1. The van der Waals surface area contributed by atoms with E-state index < -0.39 is 12.1 Å². The molecule has 0 aliphatic carbocycles. The van der Waals surface area contributed by atoms with Gasteiger partial charge in [-0.3, -0.25) is 9.59 Å². The first kappa shape index (κ1) is 83.3. The third-order valence-corrected chi connectivity index (χ3v) is 18.5. The van der Waals surface area contributed by atoms with Gasteiger partial charge in [0.1, 0.15) is 0 Å². The highest BCUT2D eigenvalue weighted by Gasteiger charge is 2.20. The summed E-state index contributed by atoms with van der Waals surface area (Å²) in [7, 11) is 0. The summed E-state index contributed by atoms with van der Waals surface area (Å²) in [5.41, 5.74) is 0. The maximum Gasteiger partial charge on any atom is 0.305 e. The zero-order chi connectivity index (χ0) is 61.3. The van der Waals surface area contributed by atoms with Crippen LogP contribution in [0.3, 0.4) is 0 Å². The van der Waals surface area contributed by atoms with Gasteiger partial charge in [0.25, 0.3) is 0 Å². The van der Waals surface area contributed by atoms with E-state index >= 15 is 0 Å². The minimum Gasteiger partial charge on any atom is -0.466 e. The smallest absolute Gasteiger partial charge is 0.305 e. The fourth-order valence-corrected chi connectivity index (χ4v) is 12.6. The molecule has 0 radical (unpaired) electrons. The highest BCUT2D eigenvalue weighted by atomic mass is 16.5. The molecule has 0 aliphatic heterocycles. The van der Waals surface area contributed by atoms with Crippen LogP contribution in [0.4, 0.5) is 0 Å². The van der Waals surface area contributed by atoms with Crippen molar-refractivity contribution in [3.63, 3.8) is 0 Å². The molecule has 85 heavy (non-hydrogen) atoms. The van der Waals surface area contributed by atoms with E-state index in [2.05, 4.69) is 43.5 Å². The Morgan fingerprint density at radius 2 is 0.588 bits per heavy atom. The molecule has 0 saturated heterocycles. The van der Waals surface area contributed by atoms with Gasteiger partial charge in [-0.25, -0.2) is 0 Å². The molecule has 0 aromatic rings. The van der Waals surface area contributed by atoms with E-state index in [0.29, 0.717) is 25.9 Å². The summed E-state index contributed by atoms with van der Waals surface area (Å²) in [5.74, 6) is -0.00472. The molecule has 0 heterocycles. The SMILES string of the molecule is CCCCCCCCCCCCCCCCCCC(=O)OCCCCCCCCCCCCCCCCC/C=C\C/C=C\CCCCCCCCCCCCCCCCCCCC(=O)NC(CO)C(O)CCCCCCCCCCCCCCC. The number of aliphatic hydroxyl groups is 2. The maximum absolute atomic E-state index is 12.5. The standard InChI is InChI=1S/C79H153NO5/c1-3-5-7-9-11-13-15-17-18-45-49-53-57-61-65-69-73-79(84)85-74-70-66-62-58-54-50-46-43-41-39-37-35-33-31-29-27-25-23-21-19-20-22-24-26-28-30-32-34-36-38-40-42-44-48-52-56-60-64-68-72-78(83)80-76(75-81)77(82)71-67-63-59-55-51-47-16-14-12-10-8-6-4-2/h19-20,23,25,76-77,81-82H,3-18,21-22,24,26-75H2,1-2H3,(H,80,83)/b20-19-,25-23-. The Labute approximate surface area is 532 Å². The van der Waals surface area contributed by atoms with Crippen LogP contribution in [0.5, 0.6) is 0 Å². The summed E-state index contributed by atoms with van der Waals surface area (Å²) >= 11 is 0. The van der Waals surface area contributed by atoms with Crippen LogP contribution >= 0.6 is 0 Å². The van der Waals surface area contributed by atoms with E-state index in [1.165, 1.54) is 366 Å². The molecule has 2 atom stereocenters. The van der Waals surface area contributed by atoms with Gasteiger partial charge in [-0.1, -0.05) is 398 Å². The predicted octanol–water partition coefficient (Wildman–Crippen LogP) is 25.7. The minimum absolute atomic E-state index is 0.0246. The second-order valence-electron chi connectivity index (χ2n) is 27.0. The largest absolute Gasteiger partial charge is 0.466 e. The fraction of sp³-hybridized carbons (Fsp3) is 0.924. The van der Waals surface area contributed by atoms with E-state index in [1.54, 1.807) is 0 Å². The summed E-state index contributed by atoms with van der Waals surface area (Å²) in [6.45, 7) is 5.00. The zero-order valence-electron chi connectivity index (χ0n) is 57.9. The molecule has 0 fully saturated rings. The topological polar surface area (TPSA) is 95.9 Å². The lowest BCUT2D eigenvalue weighted by molar-refractivity contribution is -0.143. The van der Waals surface area contributed by atoms with E-state index in [1.807, 2.05) is 0 Å². The lowest BCUT2D eigenvalue weighted by atomic mass is 10.0. The molecule has 0 aliphatic rings. The molecular weight excluding hydrogens is 1040 g/mol. The van der Waals surface area contributed by atoms with E-state index in [9.17, 15) is 19.8 Å². The van der Waals surface area contributed by atoms with Crippen LogP contribution in [-0.4, -0.2) is 47.4 Å². The molecule has 6 heteroatoms. The summed E-state index contributed by atoms with van der Waals surface area (Å²) in [4.78, 5) is 24.6. The highest BCUT2D eigenvalue weighted by molar-refractivity contribution is 5.76. The molecule has 2 unspecified atom stereocenters. The fourth-order valence-electron chi connectivity index (χ4n) is 12.6. The number of unbranched alkanes of at least 4 members (excludes halogenated alkanes) is 59. The normalized spacial score (nSPS) is 12.6. The highest BCUT2D eigenvalue weighted by Crippen LogP contribution is 2.20. The summed E-state index contributed by atoms with van der Waals surface area (Å²) in [6, 6.07) is -0.538. The zero-order valence-corrected chi connectivity index (χ0v) is 57.9. The first-order valence-corrected chi connectivity index (χ1v) is 39.1. The van der Waals surface area contributed by atoms with Crippen LogP contribution in [0.1, 0.15) is 444 Å². The number of carbonyl (C=O) groups is 2. The average molecular weight is 1200 g/mol. The lowest BCUT2D eigenvalue weighted by Crippen LogP contribution is -2.45. The van der Waals surface area contributed by atoms with E-state index in [-0.39, 0.29) is 18.5 Å². The van der Waals surface area contributed by atoms with Crippen molar-refractivity contribution >= 4 is 11.9 Å².